The van der Waals surface area contributed by atoms with Crippen molar-refractivity contribution in [3.05, 3.63) is 29.3 Å². The Kier molecular flexibility index (Phi) is 3.12. The first-order valence-electron chi connectivity index (χ1n) is 6.41. The molecule has 1 unspecified atom stereocenters. The molecule has 2 aromatic heterocycles. The van der Waals surface area contributed by atoms with Gasteiger partial charge in [-0.3, -0.25) is 4.98 Å². The zero-order chi connectivity index (χ0) is 11.7. The molecule has 17 heavy (non-hydrogen) atoms. The second kappa shape index (κ2) is 4.75. The van der Waals surface area contributed by atoms with Crippen LogP contribution in [0.2, 0.25) is 0 Å². The average Bonchev–Trinajstić information content (AvgIpc) is 2.97. The fourth-order valence-corrected chi connectivity index (χ4v) is 3.59. The maximum atomic E-state index is 6.30. The van der Waals surface area contributed by atoms with Gasteiger partial charge in [0.2, 0.25) is 0 Å². The number of nitrogens with zero attached hydrogens (tertiary/aromatic N) is 1. The van der Waals surface area contributed by atoms with Crippen molar-refractivity contribution in [3.8, 4) is 0 Å². The van der Waals surface area contributed by atoms with Crippen LogP contribution in [0.4, 0.5) is 0 Å². The maximum Gasteiger partial charge on any atom is 0.0809 e. The van der Waals surface area contributed by atoms with Gasteiger partial charge < -0.3 is 5.73 Å². The quantitative estimate of drug-likeness (QED) is 0.892. The van der Waals surface area contributed by atoms with Crippen LogP contribution in [0.25, 0.3) is 10.2 Å². The molecule has 1 saturated carbocycles. The highest BCUT2D eigenvalue weighted by Crippen LogP contribution is 2.32. The summed E-state index contributed by atoms with van der Waals surface area (Å²) < 4.78 is 1.25. The third-order valence-electron chi connectivity index (χ3n) is 3.81. The van der Waals surface area contributed by atoms with Gasteiger partial charge in [0, 0.05) is 12.2 Å². The Bertz CT molecular complexity index is 500. The molecule has 0 spiro atoms. The van der Waals surface area contributed by atoms with E-state index in [1.165, 1.54) is 35.9 Å². The van der Waals surface area contributed by atoms with Crippen molar-refractivity contribution in [1.29, 1.82) is 0 Å². The van der Waals surface area contributed by atoms with Crippen LogP contribution in [0.15, 0.2) is 23.7 Å². The molecule has 90 valence electrons. The van der Waals surface area contributed by atoms with E-state index in [9.17, 15) is 0 Å². The van der Waals surface area contributed by atoms with E-state index < -0.39 is 0 Å². The summed E-state index contributed by atoms with van der Waals surface area (Å²) >= 11 is 1.74. The fraction of sp³-hybridized carbons (Fsp3) is 0.500. The van der Waals surface area contributed by atoms with Gasteiger partial charge >= 0.3 is 0 Å². The summed E-state index contributed by atoms with van der Waals surface area (Å²) in [6, 6.07) is 4.44. The molecule has 2 nitrogen and oxygen atoms in total. The van der Waals surface area contributed by atoms with E-state index in [0.29, 0.717) is 0 Å². The van der Waals surface area contributed by atoms with Gasteiger partial charge in [-0.15, -0.1) is 11.3 Å². The standard InChI is InChI=1S/C14H18N2S/c15-12(7-10-3-1-2-4-10)11-8-14-13(16-9-11)5-6-17-14/h5-6,8-10,12H,1-4,7,15H2. The molecule has 0 radical (unpaired) electrons. The largest absolute Gasteiger partial charge is 0.324 e. The van der Waals surface area contributed by atoms with Crippen LogP contribution in [-0.4, -0.2) is 4.98 Å². The van der Waals surface area contributed by atoms with Gasteiger partial charge in [-0.25, -0.2) is 0 Å². The molecule has 2 heterocycles. The number of hydrogen-bond acceptors (Lipinski definition) is 3. The first-order chi connectivity index (χ1) is 8.33. The predicted molar refractivity (Wildman–Crippen MR) is 73.1 cm³/mol. The summed E-state index contributed by atoms with van der Waals surface area (Å²) in [4.78, 5) is 4.47. The molecule has 1 fully saturated rings. The van der Waals surface area contributed by atoms with Gasteiger partial charge in [-0.1, -0.05) is 25.7 Å². The molecule has 1 atom stereocenters. The number of pyridine rings is 1. The molecule has 0 aromatic carbocycles. The molecule has 2 N–H and O–H groups in total. The topological polar surface area (TPSA) is 38.9 Å². The summed E-state index contributed by atoms with van der Waals surface area (Å²) in [5.74, 6) is 0.837. The van der Waals surface area contributed by atoms with Crippen LogP contribution in [0.3, 0.4) is 0 Å². The molecule has 0 saturated heterocycles. The van der Waals surface area contributed by atoms with Gasteiger partial charge in [0.15, 0.2) is 0 Å². The highest BCUT2D eigenvalue weighted by molar-refractivity contribution is 7.17. The number of aromatic nitrogens is 1. The highest BCUT2D eigenvalue weighted by atomic mass is 32.1. The summed E-state index contributed by atoms with van der Waals surface area (Å²) in [5, 5.41) is 2.09. The van der Waals surface area contributed by atoms with Crippen molar-refractivity contribution in [3.63, 3.8) is 0 Å². The molecular weight excluding hydrogens is 228 g/mol. The molecule has 0 amide bonds. The lowest BCUT2D eigenvalue weighted by molar-refractivity contribution is 0.450. The molecule has 1 aliphatic rings. The predicted octanol–water partition coefficient (Wildman–Crippen LogP) is 3.88. The average molecular weight is 246 g/mol. The van der Waals surface area contributed by atoms with Crippen molar-refractivity contribution < 1.29 is 0 Å². The monoisotopic (exact) mass is 246 g/mol. The first kappa shape index (κ1) is 11.2. The van der Waals surface area contributed by atoms with Crippen molar-refractivity contribution in [2.45, 2.75) is 38.1 Å². The van der Waals surface area contributed by atoms with Gasteiger partial charge in [0.05, 0.1) is 10.2 Å². The van der Waals surface area contributed by atoms with Crippen LogP contribution < -0.4 is 5.73 Å². The lowest BCUT2D eigenvalue weighted by Gasteiger charge is -2.16. The Balaban J connectivity index is 1.77. The Hall–Kier alpha value is -0.930. The van der Waals surface area contributed by atoms with Crippen LogP contribution in [-0.2, 0) is 0 Å². The zero-order valence-electron chi connectivity index (χ0n) is 9.93. The van der Waals surface area contributed by atoms with Gasteiger partial charge in [0.25, 0.3) is 0 Å². The third-order valence-corrected chi connectivity index (χ3v) is 4.67. The fourth-order valence-electron chi connectivity index (χ4n) is 2.81. The van der Waals surface area contributed by atoms with Crippen molar-refractivity contribution in [1.82, 2.24) is 4.98 Å². The summed E-state index contributed by atoms with van der Waals surface area (Å²) in [6.07, 6.45) is 8.58. The molecule has 0 aliphatic heterocycles. The second-order valence-electron chi connectivity index (χ2n) is 5.07. The zero-order valence-corrected chi connectivity index (χ0v) is 10.7. The van der Waals surface area contributed by atoms with Crippen LogP contribution in [0, 0.1) is 5.92 Å². The summed E-state index contributed by atoms with van der Waals surface area (Å²) in [5.41, 5.74) is 8.59. The van der Waals surface area contributed by atoms with E-state index in [2.05, 4.69) is 22.5 Å². The Morgan fingerprint density at radius 3 is 3.06 bits per heavy atom. The van der Waals surface area contributed by atoms with Gasteiger partial charge in [0.1, 0.15) is 0 Å². The third kappa shape index (κ3) is 2.35. The Labute approximate surface area is 106 Å². The molecule has 2 aromatic rings. The number of nitrogens with two attached hydrogens (primary N) is 1. The molecular formula is C14H18N2S. The number of hydrogen-bond donors (Lipinski definition) is 1. The Morgan fingerprint density at radius 2 is 2.24 bits per heavy atom. The maximum absolute atomic E-state index is 6.30. The highest BCUT2D eigenvalue weighted by Gasteiger charge is 2.19. The molecule has 0 bridgehead atoms. The minimum atomic E-state index is 0.164. The van der Waals surface area contributed by atoms with Crippen molar-refractivity contribution >= 4 is 21.6 Å². The van der Waals surface area contributed by atoms with E-state index in [1.54, 1.807) is 11.3 Å². The van der Waals surface area contributed by atoms with Crippen LogP contribution in [0.1, 0.15) is 43.7 Å². The van der Waals surface area contributed by atoms with Gasteiger partial charge in [-0.05, 0) is 35.4 Å². The van der Waals surface area contributed by atoms with Crippen molar-refractivity contribution in [2.24, 2.45) is 11.7 Å². The lowest BCUT2D eigenvalue weighted by atomic mass is 9.95. The number of thiophene rings is 1. The molecule has 1 aliphatic carbocycles. The normalized spacial score (nSPS) is 18.9. The van der Waals surface area contributed by atoms with Crippen LogP contribution >= 0.6 is 11.3 Å². The second-order valence-corrected chi connectivity index (χ2v) is 6.01. The Morgan fingerprint density at radius 1 is 1.41 bits per heavy atom. The van der Waals surface area contributed by atoms with E-state index in [-0.39, 0.29) is 6.04 Å². The van der Waals surface area contributed by atoms with E-state index in [0.717, 1.165) is 17.9 Å². The van der Waals surface area contributed by atoms with E-state index in [4.69, 9.17) is 5.73 Å². The minimum absolute atomic E-state index is 0.164. The van der Waals surface area contributed by atoms with E-state index >= 15 is 0 Å². The van der Waals surface area contributed by atoms with Crippen LogP contribution in [0.5, 0.6) is 0 Å². The lowest BCUT2D eigenvalue weighted by Crippen LogP contribution is -2.14. The minimum Gasteiger partial charge on any atom is -0.324 e. The smallest absolute Gasteiger partial charge is 0.0809 e. The first-order valence-corrected chi connectivity index (χ1v) is 7.29. The molecule has 3 heteroatoms. The van der Waals surface area contributed by atoms with E-state index in [1.807, 2.05) is 6.20 Å². The van der Waals surface area contributed by atoms with Crippen molar-refractivity contribution in [2.75, 3.05) is 0 Å². The molecule has 3 rings (SSSR count). The number of fused-ring (bicyclic) bond motifs is 1. The summed E-state index contributed by atoms with van der Waals surface area (Å²) in [7, 11) is 0. The number of rotatable bonds is 3. The SMILES string of the molecule is NC(CC1CCCC1)c1cnc2ccsc2c1. The summed E-state index contributed by atoms with van der Waals surface area (Å²) in [6.45, 7) is 0. The van der Waals surface area contributed by atoms with Gasteiger partial charge in [-0.2, -0.15) is 0 Å².